The topological polar surface area (TPSA) is 124 Å². The van der Waals surface area contributed by atoms with Crippen molar-refractivity contribution in [3.63, 3.8) is 0 Å². The Kier molecular flexibility index (Phi) is 6.85. The molecule has 0 saturated carbocycles. The van der Waals surface area contributed by atoms with E-state index in [0.717, 1.165) is 12.8 Å². The predicted octanol–water partition coefficient (Wildman–Crippen LogP) is 3.43. The van der Waals surface area contributed by atoms with Gasteiger partial charge in [0, 0.05) is 24.7 Å². The summed E-state index contributed by atoms with van der Waals surface area (Å²) in [5.41, 5.74) is 0.797. The van der Waals surface area contributed by atoms with Crippen LogP contribution < -0.4 is 14.8 Å². The van der Waals surface area contributed by atoms with E-state index in [1.807, 2.05) is 6.92 Å². The van der Waals surface area contributed by atoms with E-state index in [4.69, 9.17) is 13.9 Å². The largest absolute Gasteiger partial charge is 0.497 e. The Hall–Kier alpha value is -3.44. The lowest BCUT2D eigenvalue weighted by Gasteiger charge is -2.30. The van der Waals surface area contributed by atoms with Gasteiger partial charge in [-0.25, -0.2) is 8.42 Å². The summed E-state index contributed by atoms with van der Waals surface area (Å²) in [5, 5.41) is 10.4. The van der Waals surface area contributed by atoms with Gasteiger partial charge in [-0.3, -0.25) is 10.1 Å². The van der Waals surface area contributed by atoms with Gasteiger partial charge in [0.15, 0.2) is 0 Å². The molecule has 1 atom stereocenters. The summed E-state index contributed by atoms with van der Waals surface area (Å²) in [5.74, 6) is 1.06. The van der Waals surface area contributed by atoms with Crippen molar-refractivity contribution in [2.24, 2.45) is 5.92 Å². The van der Waals surface area contributed by atoms with Crippen molar-refractivity contribution in [3.05, 3.63) is 48.0 Å². The highest BCUT2D eigenvalue weighted by molar-refractivity contribution is 7.89. The van der Waals surface area contributed by atoms with Gasteiger partial charge in [-0.05, 0) is 55.2 Å². The first-order chi connectivity index (χ1) is 16.3. The average Bonchev–Trinajstić information content (AvgIpc) is 3.31. The number of hydrogen-bond acceptors (Lipinski definition) is 8. The van der Waals surface area contributed by atoms with Crippen LogP contribution in [0.15, 0.2) is 51.8 Å². The van der Waals surface area contributed by atoms with Crippen molar-refractivity contribution in [2.45, 2.75) is 24.7 Å². The highest BCUT2D eigenvalue weighted by atomic mass is 32.2. The molecule has 1 fully saturated rings. The smallest absolute Gasteiger partial charge is 0.322 e. The maximum Gasteiger partial charge on any atom is 0.322 e. The molecule has 10 nitrogen and oxygen atoms in total. The molecule has 34 heavy (non-hydrogen) atoms. The molecule has 1 aliphatic heterocycles. The van der Waals surface area contributed by atoms with Crippen LogP contribution in [0.2, 0.25) is 0 Å². The van der Waals surface area contributed by atoms with Crippen LogP contribution in [0.4, 0.5) is 6.01 Å². The quantitative estimate of drug-likeness (QED) is 0.539. The third-order valence-corrected chi connectivity index (χ3v) is 7.54. The number of carbonyl (C=O) groups excluding carboxylic acids is 1. The van der Waals surface area contributed by atoms with Gasteiger partial charge in [0.05, 0.1) is 24.7 Å². The van der Waals surface area contributed by atoms with E-state index in [9.17, 15) is 13.2 Å². The normalized spacial score (nSPS) is 16.7. The van der Waals surface area contributed by atoms with Gasteiger partial charge in [-0.1, -0.05) is 12.0 Å². The number of sulfonamides is 1. The molecule has 1 aliphatic rings. The Morgan fingerprint density at radius 3 is 2.56 bits per heavy atom. The van der Waals surface area contributed by atoms with Crippen LogP contribution in [0.3, 0.4) is 0 Å². The summed E-state index contributed by atoms with van der Waals surface area (Å²) in [6, 6.07) is 10.8. The number of hydrogen-bond donors (Lipinski definition) is 1. The van der Waals surface area contributed by atoms with Crippen LogP contribution in [0.25, 0.3) is 11.5 Å². The standard InChI is InChI=1S/C23H26N4O6S/c1-15-5-4-12-27(14-15)34(29,30)18-9-6-16(7-10-18)21(28)24-23-26-25-22(33-23)19-11-8-17(31-2)13-20(19)32-3/h6-11,13,15H,4-5,12,14H2,1-3H3,(H,24,26,28)/t15-/m0/s1. The molecule has 4 rings (SSSR count). The molecule has 3 aromatic rings. The van der Waals surface area contributed by atoms with Crippen LogP contribution in [0, 0.1) is 5.92 Å². The molecule has 0 bridgehead atoms. The number of benzene rings is 2. The molecule has 0 spiro atoms. The van der Waals surface area contributed by atoms with Crippen molar-refractivity contribution in [1.29, 1.82) is 0 Å². The Morgan fingerprint density at radius 2 is 1.88 bits per heavy atom. The maximum atomic E-state index is 12.9. The Labute approximate surface area is 197 Å². The van der Waals surface area contributed by atoms with E-state index >= 15 is 0 Å². The molecule has 0 radical (unpaired) electrons. The van der Waals surface area contributed by atoms with E-state index in [2.05, 4.69) is 15.5 Å². The highest BCUT2D eigenvalue weighted by Gasteiger charge is 2.28. The minimum Gasteiger partial charge on any atom is -0.497 e. The first-order valence-electron chi connectivity index (χ1n) is 10.8. The molecule has 2 heterocycles. The van der Waals surface area contributed by atoms with Gasteiger partial charge in [0.2, 0.25) is 10.0 Å². The van der Waals surface area contributed by atoms with E-state index in [0.29, 0.717) is 36.1 Å². The number of nitrogens with zero attached hydrogens (tertiary/aromatic N) is 3. The molecule has 2 aromatic carbocycles. The number of amides is 1. The predicted molar refractivity (Wildman–Crippen MR) is 124 cm³/mol. The summed E-state index contributed by atoms with van der Waals surface area (Å²) in [6.45, 7) is 3.05. The van der Waals surface area contributed by atoms with Crippen molar-refractivity contribution >= 4 is 21.9 Å². The number of ether oxygens (including phenoxy) is 2. The average molecular weight is 487 g/mol. The van der Waals surface area contributed by atoms with Gasteiger partial charge in [0.1, 0.15) is 11.5 Å². The first-order valence-corrected chi connectivity index (χ1v) is 12.2. The molecule has 11 heteroatoms. The van der Waals surface area contributed by atoms with Crippen LogP contribution >= 0.6 is 0 Å². The molecule has 1 saturated heterocycles. The van der Waals surface area contributed by atoms with Crippen molar-refractivity contribution in [3.8, 4) is 23.0 Å². The zero-order chi connectivity index (χ0) is 24.3. The SMILES string of the molecule is COc1ccc(-c2nnc(NC(=O)c3ccc(S(=O)(=O)N4CCC[C@H](C)C4)cc3)o2)c(OC)c1. The van der Waals surface area contributed by atoms with E-state index in [1.165, 1.54) is 35.7 Å². The van der Waals surface area contributed by atoms with Gasteiger partial charge in [0.25, 0.3) is 11.8 Å². The van der Waals surface area contributed by atoms with Gasteiger partial charge < -0.3 is 13.9 Å². The van der Waals surface area contributed by atoms with Crippen LogP contribution in [-0.2, 0) is 10.0 Å². The molecule has 1 amide bonds. The lowest BCUT2D eigenvalue weighted by Crippen LogP contribution is -2.39. The van der Waals surface area contributed by atoms with Crippen LogP contribution in [0.5, 0.6) is 11.5 Å². The molecular formula is C23H26N4O6S. The fourth-order valence-corrected chi connectivity index (χ4v) is 5.42. The van der Waals surface area contributed by atoms with Crippen molar-refractivity contribution in [2.75, 3.05) is 32.6 Å². The summed E-state index contributed by atoms with van der Waals surface area (Å²) >= 11 is 0. The van der Waals surface area contributed by atoms with Crippen LogP contribution in [0.1, 0.15) is 30.1 Å². The number of methoxy groups -OCH3 is 2. The second-order valence-electron chi connectivity index (χ2n) is 8.07. The fraction of sp³-hybridized carbons (Fsp3) is 0.348. The minimum atomic E-state index is -3.60. The van der Waals surface area contributed by atoms with Gasteiger partial charge in [-0.2, -0.15) is 4.31 Å². The summed E-state index contributed by atoms with van der Waals surface area (Å²) in [7, 11) is -0.542. The zero-order valence-corrected chi connectivity index (χ0v) is 20.0. The third kappa shape index (κ3) is 4.90. The van der Waals surface area contributed by atoms with Crippen molar-refractivity contribution < 1.29 is 27.1 Å². The summed E-state index contributed by atoms with van der Waals surface area (Å²) in [6.07, 6.45) is 1.86. The van der Waals surface area contributed by atoms with Gasteiger partial charge >= 0.3 is 6.01 Å². The fourth-order valence-electron chi connectivity index (χ4n) is 3.82. The number of carbonyl (C=O) groups is 1. The van der Waals surface area contributed by atoms with E-state index in [1.54, 1.807) is 25.3 Å². The van der Waals surface area contributed by atoms with Crippen LogP contribution in [-0.4, -0.2) is 56.1 Å². The second-order valence-corrected chi connectivity index (χ2v) is 10.0. The molecule has 0 unspecified atom stereocenters. The summed E-state index contributed by atoms with van der Waals surface area (Å²) in [4.78, 5) is 12.8. The molecule has 0 aliphatic carbocycles. The highest BCUT2D eigenvalue weighted by Crippen LogP contribution is 2.33. The number of nitrogens with one attached hydrogen (secondary N) is 1. The number of anilines is 1. The molecular weight excluding hydrogens is 460 g/mol. The zero-order valence-electron chi connectivity index (χ0n) is 19.1. The lowest BCUT2D eigenvalue weighted by atomic mass is 10.0. The maximum absolute atomic E-state index is 12.9. The Bertz CT molecular complexity index is 1270. The third-order valence-electron chi connectivity index (χ3n) is 5.66. The van der Waals surface area contributed by atoms with E-state index < -0.39 is 15.9 Å². The first kappa shape index (κ1) is 23.7. The Morgan fingerprint density at radius 1 is 1.12 bits per heavy atom. The number of aromatic nitrogens is 2. The number of rotatable bonds is 7. The second kappa shape index (κ2) is 9.82. The summed E-state index contributed by atoms with van der Waals surface area (Å²) < 4.78 is 43.4. The minimum absolute atomic E-state index is 0.100. The molecule has 1 N–H and O–H groups in total. The lowest BCUT2D eigenvalue weighted by molar-refractivity contribution is 0.102. The van der Waals surface area contributed by atoms with E-state index in [-0.39, 0.29) is 22.4 Å². The number of piperidine rings is 1. The molecule has 180 valence electrons. The monoisotopic (exact) mass is 486 g/mol. The molecule has 1 aromatic heterocycles. The van der Waals surface area contributed by atoms with Crippen molar-refractivity contribution in [1.82, 2.24) is 14.5 Å². The van der Waals surface area contributed by atoms with Gasteiger partial charge in [-0.15, -0.1) is 5.10 Å². The Balaban J connectivity index is 1.46.